The van der Waals surface area contributed by atoms with E-state index in [4.69, 9.17) is 14.7 Å². The Hall–Kier alpha value is -1.95. The summed E-state index contributed by atoms with van der Waals surface area (Å²) in [5.74, 6) is 1.40. The van der Waals surface area contributed by atoms with Crippen LogP contribution in [0.5, 0.6) is 0 Å². The van der Waals surface area contributed by atoms with E-state index >= 15 is 0 Å². The largest absolute Gasteiger partial charge is 0.460 e. The first kappa shape index (κ1) is 20.3. The molecule has 2 aliphatic rings. The van der Waals surface area contributed by atoms with Gasteiger partial charge >= 0.3 is 5.97 Å². The normalized spacial score (nSPS) is 21.8. The van der Waals surface area contributed by atoms with E-state index in [0.29, 0.717) is 18.4 Å². The molecule has 1 aliphatic carbocycles. The van der Waals surface area contributed by atoms with Crippen molar-refractivity contribution in [3.63, 3.8) is 0 Å². The van der Waals surface area contributed by atoms with E-state index in [-0.39, 0.29) is 5.97 Å². The van der Waals surface area contributed by atoms with Crippen LogP contribution in [0.4, 0.5) is 0 Å². The predicted molar refractivity (Wildman–Crippen MR) is 119 cm³/mol. The molecule has 2 aromatic heterocycles. The average Bonchev–Trinajstić information content (AvgIpc) is 3.14. The maximum Gasteiger partial charge on any atom is 0.306 e. The maximum atomic E-state index is 12.1. The van der Waals surface area contributed by atoms with Crippen LogP contribution in [0.15, 0.2) is 11.1 Å². The summed E-state index contributed by atoms with van der Waals surface area (Å²) in [6.07, 6.45) is 4.80. The quantitative estimate of drug-likeness (QED) is 0.715. The van der Waals surface area contributed by atoms with Gasteiger partial charge in [-0.2, -0.15) is 0 Å². The molecule has 0 amide bonds. The number of ether oxygens (including phenoxy) is 1. The molecule has 0 bridgehead atoms. The maximum absolute atomic E-state index is 12.1. The highest BCUT2D eigenvalue weighted by molar-refractivity contribution is 7.20. The van der Waals surface area contributed by atoms with Gasteiger partial charge in [-0.15, -0.1) is 11.3 Å². The van der Waals surface area contributed by atoms with Crippen LogP contribution >= 0.6 is 11.3 Å². The van der Waals surface area contributed by atoms with Gasteiger partial charge in [0.05, 0.1) is 11.4 Å². The monoisotopic (exact) mass is 413 g/mol. The van der Waals surface area contributed by atoms with Gasteiger partial charge in [0, 0.05) is 29.1 Å². The number of carbonyl (C=O) groups is 1. The van der Waals surface area contributed by atoms with Crippen molar-refractivity contribution in [1.82, 2.24) is 10.3 Å². The number of esters is 1. The third-order valence-corrected chi connectivity index (χ3v) is 6.89. The minimum Gasteiger partial charge on any atom is -0.460 e. The number of nitrogens with zero attached hydrogens (tertiary/aromatic N) is 2. The van der Waals surface area contributed by atoms with Crippen molar-refractivity contribution in [1.29, 1.82) is 0 Å². The lowest BCUT2D eigenvalue weighted by molar-refractivity contribution is -0.156. The number of pyridine rings is 1. The standard InChI is InChI=1S/C23H31N3O2S/c1-13-10-14(2)25-22-19(13)17-12-24-21(20(17)29-22)26-16-8-6-15(7-9-16)11-18(27)28-23(3,4)5/h10,15-16H,6-9,11-12H2,1-5H3,(H,24,26). The van der Waals surface area contributed by atoms with Crippen molar-refractivity contribution in [2.75, 3.05) is 0 Å². The molecule has 6 heteroatoms. The van der Waals surface area contributed by atoms with E-state index in [1.54, 1.807) is 11.3 Å². The summed E-state index contributed by atoms with van der Waals surface area (Å²) in [5, 5.41) is 4.99. The van der Waals surface area contributed by atoms with Crippen molar-refractivity contribution in [3.8, 4) is 0 Å². The van der Waals surface area contributed by atoms with E-state index in [1.807, 2.05) is 20.8 Å². The Morgan fingerprint density at radius 1 is 1.24 bits per heavy atom. The molecule has 0 atom stereocenters. The van der Waals surface area contributed by atoms with Crippen LogP contribution in [-0.2, 0) is 16.1 Å². The minimum absolute atomic E-state index is 0.0674. The Balaban J connectivity index is 1.36. The number of carbonyl (C=O) groups excluding carboxylic acids is 1. The number of aromatic nitrogens is 1. The first-order valence-corrected chi connectivity index (χ1v) is 11.4. The van der Waals surface area contributed by atoms with E-state index in [1.165, 1.54) is 21.4 Å². The Kier molecular flexibility index (Phi) is 5.40. The van der Waals surface area contributed by atoms with Gasteiger partial charge in [-0.3, -0.25) is 9.79 Å². The van der Waals surface area contributed by atoms with Gasteiger partial charge in [0.2, 0.25) is 0 Å². The fourth-order valence-corrected chi connectivity index (χ4v) is 5.80. The van der Waals surface area contributed by atoms with Crippen LogP contribution in [0.1, 0.15) is 74.6 Å². The Labute approximate surface area is 177 Å². The SMILES string of the molecule is Cc1cc(C)c2c3c(sc2n1)C(NC1CCC(CC(=O)OC(C)(C)C)CC1)=NC3. The first-order chi connectivity index (χ1) is 13.7. The number of hydrogen-bond donors (Lipinski definition) is 1. The second-order valence-corrected chi connectivity index (χ2v) is 10.5. The van der Waals surface area contributed by atoms with E-state index in [0.717, 1.165) is 48.6 Å². The van der Waals surface area contributed by atoms with Gasteiger partial charge in [0.15, 0.2) is 0 Å². The van der Waals surface area contributed by atoms with Gasteiger partial charge in [-0.1, -0.05) is 0 Å². The topological polar surface area (TPSA) is 63.6 Å². The summed E-state index contributed by atoms with van der Waals surface area (Å²) < 4.78 is 5.48. The summed E-state index contributed by atoms with van der Waals surface area (Å²) in [7, 11) is 0. The molecule has 0 saturated heterocycles. The third-order valence-electron chi connectivity index (χ3n) is 5.76. The van der Waals surface area contributed by atoms with Crippen molar-refractivity contribution in [2.24, 2.45) is 10.9 Å². The summed E-state index contributed by atoms with van der Waals surface area (Å²) in [4.78, 5) is 24.0. The lowest BCUT2D eigenvalue weighted by Crippen LogP contribution is -2.37. The highest BCUT2D eigenvalue weighted by Crippen LogP contribution is 2.37. The molecule has 1 N–H and O–H groups in total. The van der Waals surface area contributed by atoms with Crippen LogP contribution in [-0.4, -0.2) is 28.4 Å². The lowest BCUT2D eigenvalue weighted by Gasteiger charge is -2.30. The van der Waals surface area contributed by atoms with E-state index in [9.17, 15) is 4.79 Å². The molecule has 0 spiro atoms. The fourth-order valence-electron chi connectivity index (χ4n) is 4.52. The number of fused-ring (bicyclic) bond motifs is 3. The smallest absolute Gasteiger partial charge is 0.306 e. The molecule has 1 fully saturated rings. The van der Waals surface area contributed by atoms with Crippen molar-refractivity contribution in [3.05, 3.63) is 27.8 Å². The third kappa shape index (κ3) is 4.47. The second-order valence-electron chi connectivity index (χ2n) is 9.49. The van der Waals surface area contributed by atoms with Crippen molar-refractivity contribution >= 4 is 33.4 Å². The summed E-state index contributed by atoms with van der Waals surface area (Å²) >= 11 is 1.76. The minimum atomic E-state index is -0.399. The molecule has 1 saturated carbocycles. The summed E-state index contributed by atoms with van der Waals surface area (Å²) in [6, 6.07) is 2.59. The average molecular weight is 414 g/mol. The number of hydrogen-bond acceptors (Lipinski definition) is 6. The Morgan fingerprint density at radius 2 is 1.97 bits per heavy atom. The molecule has 1 aliphatic heterocycles. The lowest BCUT2D eigenvalue weighted by atomic mass is 9.84. The van der Waals surface area contributed by atoms with Gasteiger partial charge in [-0.05, 0) is 77.8 Å². The van der Waals surface area contributed by atoms with Gasteiger partial charge in [-0.25, -0.2) is 4.98 Å². The number of rotatable bonds is 3. The first-order valence-electron chi connectivity index (χ1n) is 10.6. The van der Waals surface area contributed by atoms with Gasteiger partial charge < -0.3 is 10.1 Å². The summed E-state index contributed by atoms with van der Waals surface area (Å²) in [6.45, 7) is 10.7. The number of thiophene rings is 1. The predicted octanol–water partition coefficient (Wildman–Crippen LogP) is 5.05. The van der Waals surface area contributed by atoms with E-state index in [2.05, 4.69) is 25.2 Å². The van der Waals surface area contributed by atoms with Crippen molar-refractivity contribution in [2.45, 2.75) is 84.9 Å². The molecule has 0 unspecified atom stereocenters. The number of aryl methyl sites for hydroxylation is 2. The molecule has 29 heavy (non-hydrogen) atoms. The highest BCUT2D eigenvalue weighted by atomic mass is 32.1. The van der Waals surface area contributed by atoms with Crippen LogP contribution in [0.25, 0.3) is 10.2 Å². The molecule has 4 rings (SSSR count). The van der Waals surface area contributed by atoms with Gasteiger partial charge in [0.1, 0.15) is 16.3 Å². The molecule has 0 radical (unpaired) electrons. The molecule has 156 valence electrons. The zero-order chi connectivity index (χ0) is 20.8. The van der Waals surface area contributed by atoms with Crippen LogP contribution in [0.3, 0.4) is 0 Å². The Morgan fingerprint density at radius 3 is 2.66 bits per heavy atom. The summed E-state index contributed by atoms with van der Waals surface area (Å²) in [5.41, 5.74) is 3.30. The van der Waals surface area contributed by atoms with Crippen molar-refractivity contribution < 1.29 is 9.53 Å². The molecule has 0 aromatic carbocycles. The van der Waals surface area contributed by atoms with Crippen LogP contribution < -0.4 is 5.32 Å². The number of nitrogens with one attached hydrogen (secondary N) is 1. The van der Waals surface area contributed by atoms with Crippen LogP contribution in [0.2, 0.25) is 0 Å². The second kappa shape index (κ2) is 7.71. The molecule has 2 aromatic rings. The molecular weight excluding hydrogens is 382 g/mol. The molecule has 3 heterocycles. The Bertz CT molecular complexity index is 963. The number of aliphatic imine (C=N–C) groups is 1. The highest BCUT2D eigenvalue weighted by Gasteiger charge is 2.29. The molecule has 5 nitrogen and oxygen atoms in total. The zero-order valence-corrected chi connectivity index (χ0v) is 18.9. The van der Waals surface area contributed by atoms with Gasteiger partial charge in [0.25, 0.3) is 0 Å². The fraction of sp³-hybridized carbons (Fsp3) is 0.609. The zero-order valence-electron chi connectivity index (χ0n) is 18.1. The number of amidine groups is 1. The van der Waals surface area contributed by atoms with E-state index < -0.39 is 5.60 Å². The molecular formula is C23H31N3O2S. The van der Waals surface area contributed by atoms with Crippen LogP contribution in [0, 0.1) is 19.8 Å².